The molecule has 1 heterocycles. The van der Waals surface area contributed by atoms with Crippen LogP contribution in [0.5, 0.6) is 0 Å². The zero-order chi connectivity index (χ0) is 11.6. The van der Waals surface area contributed by atoms with Crippen LogP contribution < -0.4 is 4.72 Å². The second-order valence-corrected chi connectivity index (χ2v) is 6.92. The fourth-order valence-electron chi connectivity index (χ4n) is 2.24. The van der Waals surface area contributed by atoms with Gasteiger partial charge in [0.2, 0.25) is 10.0 Å². The molecule has 0 unspecified atom stereocenters. The van der Waals surface area contributed by atoms with E-state index in [1.54, 1.807) is 0 Å². The van der Waals surface area contributed by atoms with Gasteiger partial charge < -0.3 is 4.90 Å². The molecule has 1 saturated carbocycles. The third kappa shape index (κ3) is 3.58. The van der Waals surface area contributed by atoms with Gasteiger partial charge in [0.15, 0.2) is 0 Å². The van der Waals surface area contributed by atoms with Crippen LogP contribution in [0, 0.1) is 0 Å². The molecule has 6 heteroatoms. The molecule has 0 atom stereocenters. The minimum Gasteiger partial charge on any atom is -0.300 e. The van der Waals surface area contributed by atoms with Crippen molar-refractivity contribution in [3.05, 3.63) is 0 Å². The highest BCUT2D eigenvalue weighted by molar-refractivity contribution is 7.89. The van der Waals surface area contributed by atoms with Crippen LogP contribution in [0.2, 0.25) is 0 Å². The minimum absolute atomic E-state index is 0.0252. The van der Waals surface area contributed by atoms with Crippen LogP contribution in [0.3, 0.4) is 0 Å². The molecule has 0 bridgehead atoms. The first kappa shape index (κ1) is 12.6. The van der Waals surface area contributed by atoms with Crippen molar-refractivity contribution in [2.75, 3.05) is 24.7 Å². The Hall–Kier alpha value is 0.160. The molecule has 94 valence electrons. The van der Waals surface area contributed by atoms with E-state index in [1.165, 1.54) is 12.8 Å². The highest BCUT2D eigenvalue weighted by atomic mass is 35.5. The largest absolute Gasteiger partial charge is 0.300 e. The lowest BCUT2D eigenvalue weighted by molar-refractivity contribution is 0.199. The zero-order valence-corrected chi connectivity index (χ0v) is 10.9. The number of likely N-dealkylation sites (tertiary alicyclic amines) is 1. The molecule has 16 heavy (non-hydrogen) atoms. The number of halogens is 1. The topological polar surface area (TPSA) is 49.4 Å². The van der Waals surface area contributed by atoms with E-state index in [-0.39, 0.29) is 17.7 Å². The number of rotatable bonds is 5. The first-order chi connectivity index (χ1) is 7.61. The van der Waals surface area contributed by atoms with Gasteiger partial charge >= 0.3 is 0 Å². The van der Waals surface area contributed by atoms with Crippen molar-refractivity contribution in [2.45, 2.75) is 37.8 Å². The average Bonchev–Trinajstić information content (AvgIpc) is 3.01. The number of hydrogen-bond donors (Lipinski definition) is 1. The Balaban J connectivity index is 1.76. The summed E-state index contributed by atoms with van der Waals surface area (Å²) in [6.07, 6.45) is 4.50. The van der Waals surface area contributed by atoms with E-state index in [9.17, 15) is 8.42 Å². The van der Waals surface area contributed by atoms with E-state index >= 15 is 0 Å². The van der Waals surface area contributed by atoms with Gasteiger partial charge in [-0.15, -0.1) is 11.6 Å². The molecule has 1 aliphatic heterocycles. The minimum atomic E-state index is -3.15. The molecule has 1 N–H and O–H groups in total. The molecule has 0 aromatic rings. The Morgan fingerprint density at radius 2 is 1.81 bits per heavy atom. The van der Waals surface area contributed by atoms with Gasteiger partial charge in [-0.25, -0.2) is 13.1 Å². The van der Waals surface area contributed by atoms with Crippen molar-refractivity contribution in [1.29, 1.82) is 0 Å². The number of piperidine rings is 1. The molecule has 4 nitrogen and oxygen atoms in total. The number of sulfonamides is 1. The van der Waals surface area contributed by atoms with Gasteiger partial charge in [-0.05, 0) is 38.8 Å². The Morgan fingerprint density at radius 1 is 1.19 bits per heavy atom. The first-order valence-corrected chi connectivity index (χ1v) is 8.09. The summed E-state index contributed by atoms with van der Waals surface area (Å²) in [5.41, 5.74) is 0. The number of alkyl halides is 1. The third-order valence-corrected chi connectivity index (χ3v) is 5.13. The molecule has 2 fully saturated rings. The van der Waals surface area contributed by atoms with Crippen LogP contribution in [-0.2, 0) is 10.0 Å². The van der Waals surface area contributed by atoms with Crippen LogP contribution in [0.4, 0.5) is 0 Å². The summed E-state index contributed by atoms with van der Waals surface area (Å²) in [7, 11) is -3.15. The van der Waals surface area contributed by atoms with Crippen LogP contribution in [-0.4, -0.2) is 50.1 Å². The maximum atomic E-state index is 11.5. The van der Waals surface area contributed by atoms with Gasteiger partial charge in [-0.1, -0.05) is 0 Å². The molecule has 0 spiro atoms. The number of hydrogen-bond acceptors (Lipinski definition) is 3. The van der Waals surface area contributed by atoms with E-state index in [1.807, 2.05) is 0 Å². The summed E-state index contributed by atoms with van der Waals surface area (Å²) < 4.78 is 25.8. The predicted molar refractivity (Wildman–Crippen MR) is 65.3 cm³/mol. The van der Waals surface area contributed by atoms with Gasteiger partial charge in [0.25, 0.3) is 0 Å². The summed E-state index contributed by atoms with van der Waals surface area (Å²) in [4.78, 5) is 2.48. The Morgan fingerprint density at radius 3 is 2.31 bits per heavy atom. The van der Waals surface area contributed by atoms with E-state index in [0.717, 1.165) is 32.0 Å². The maximum Gasteiger partial charge on any atom is 0.213 e. The molecule has 2 rings (SSSR count). The Bertz CT molecular complexity index is 322. The molecular formula is C10H19ClN2O2S. The Kier molecular flexibility index (Phi) is 4.11. The molecule has 1 saturated heterocycles. The predicted octanol–water partition coefficient (Wildman–Crippen LogP) is 0.771. The normalized spacial score (nSPS) is 24.8. The second-order valence-electron chi connectivity index (χ2n) is 4.67. The van der Waals surface area contributed by atoms with Crippen molar-refractivity contribution in [3.63, 3.8) is 0 Å². The standard InChI is InChI=1S/C10H19ClN2O2S/c11-5-8-16(14,15)12-9-3-6-13(7-4-9)10-1-2-10/h9-10,12H,1-8H2. The highest BCUT2D eigenvalue weighted by Crippen LogP contribution is 2.29. The summed E-state index contributed by atoms with van der Waals surface area (Å²) in [6.45, 7) is 2.05. The third-order valence-electron chi connectivity index (χ3n) is 3.28. The summed E-state index contributed by atoms with van der Waals surface area (Å²) >= 11 is 5.45. The lowest BCUT2D eigenvalue weighted by Crippen LogP contribution is -2.45. The number of nitrogens with zero attached hydrogens (tertiary/aromatic N) is 1. The molecule has 0 amide bonds. The maximum absolute atomic E-state index is 11.5. The van der Waals surface area contributed by atoms with Gasteiger partial charge in [0, 0.05) is 18.0 Å². The van der Waals surface area contributed by atoms with Crippen LogP contribution in [0.15, 0.2) is 0 Å². The average molecular weight is 267 g/mol. The monoisotopic (exact) mass is 266 g/mol. The fraction of sp³-hybridized carbons (Fsp3) is 1.00. The van der Waals surface area contributed by atoms with E-state index in [4.69, 9.17) is 11.6 Å². The van der Waals surface area contributed by atoms with Crippen molar-refractivity contribution in [1.82, 2.24) is 9.62 Å². The second kappa shape index (κ2) is 5.21. The van der Waals surface area contributed by atoms with Gasteiger partial charge in [-0.2, -0.15) is 0 Å². The lowest BCUT2D eigenvalue weighted by Gasteiger charge is -2.32. The fourth-order valence-corrected chi connectivity index (χ4v) is 3.91. The highest BCUT2D eigenvalue weighted by Gasteiger charge is 2.32. The van der Waals surface area contributed by atoms with Crippen LogP contribution in [0.25, 0.3) is 0 Å². The summed E-state index contributed by atoms with van der Waals surface area (Å²) in [5.74, 6) is 0.188. The first-order valence-electron chi connectivity index (χ1n) is 5.91. The molecule has 0 radical (unpaired) electrons. The molecule has 0 aromatic heterocycles. The molecular weight excluding hydrogens is 248 g/mol. The Labute approximate surface area is 102 Å². The summed E-state index contributed by atoms with van der Waals surface area (Å²) in [5, 5.41) is 0. The van der Waals surface area contributed by atoms with Crippen molar-refractivity contribution in [2.24, 2.45) is 0 Å². The quantitative estimate of drug-likeness (QED) is 0.748. The van der Waals surface area contributed by atoms with Crippen LogP contribution in [0.1, 0.15) is 25.7 Å². The molecule has 0 aromatic carbocycles. The van der Waals surface area contributed by atoms with Crippen molar-refractivity contribution >= 4 is 21.6 Å². The zero-order valence-electron chi connectivity index (χ0n) is 9.36. The van der Waals surface area contributed by atoms with E-state index < -0.39 is 10.0 Å². The van der Waals surface area contributed by atoms with E-state index in [2.05, 4.69) is 9.62 Å². The smallest absolute Gasteiger partial charge is 0.213 e. The lowest BCUT2D eigenvalue weighted by atomic mass is 10.1. The van der Waals surface area contributed by atoms with Gasteiger partial charge in [0.1, 0.15) is 0 Å². The number of nitrogens with one attached hydrogen (secondary N) is 1. The van der Waals surface area contributed by atoms with Crippen molar-refractivity contribution < 1.29 is 8.42 Å². The van der Waals surface area contributed by atoms with Crippen LogP contribution >= 0.6 is 11.6 Å². The SMILES string of the molecule is O=S(=O)(CCCl)NC1CCN(C2CC2)CC1. The van der Waals surface area contributed by atoms with E-state index in [0.29, 0.717) is 0 Å². The molecule has 1 aliphatic carbocycles. The van der Waals surface area contributed by atoms with Gasteiger partial charge in [-0.3, -0.25) is 0 Å². The molecule has 2 aliphatic rings. The summed E-state index contributed by atoms with van der Waals surface area (Å²) in [6, 6.07) is 0.906. The van der Waals surface area contributed by atoms with Crippen molar-refractivity contribution in [3.8, 4) is 0 Å². The van der Waals surface area contributed by atoms with Gasteiger partial charge in [0.05, 0.1) is 5.75 Å².